The van der Waals surface area contributed by atoms with Crippen LogP contribution in [0.5, 0.6) is 0 Å². The first kappa shape index (κ1) is 26.5. The van der Waals surface area contributed by atoms with Gasteiger partial charge in [-0.2, -0.15) is 0 Å². The molecule has 5 rings (SSSR count). The molecule has 1 aliphatic carbocycles. The van der Waals surface area contributed by atoms with Crippen molar-refractivity contribution < 1.29 is 28.7 Å². The average Bonchev–Trinajstić information content (AvgIpc) is 3.46. The second kappa shape index (κ2) is 10.9. The first-order chi connectivity index (χ1) is 18.2. The monoisotopic (exact) mass is 548 g/mol. The predicted molar refractivity (Wildman–Crippen MR) is 147 cm³/mol. The molecule has 0 saturated carbocycles. The molecule has 2 aliphatic heterocycles. The van der Waals surface area contributed by atoms with Gasteiger partial charge in [-0.1, -0.05) is 74.5 Å². The molecule has 0 spiro atoms. The summed E-state index contributed by atoms with van der Waals surface area (Å²) in [6.45, 7) is 3.81. The fourth-order valence-corrected chi connectivity index (χ4v) is 7.74. The lowest BCUT2D eigenvalue weighted by molar-refractivity contribution is -0.147. The van der Waals surface area contributed by atoms with E-state index in [0.717, 1.165) is 11.1 Å². The molecule has 2 aromatic carbocycles. The fourth-order valence-electron chi connectivity index (χ4n) is 5.09. The summed E-state index contributed by atoms with van der Waals surface area (Å²) in [7, 11) is 0. The minimum absolute atomic E-state index is 0.0784. The van der Waals surface area contributed by atoms with Gasteiger partial charge in [0.05, 0.1) is 28.4 Å². The second-order valence-corrected chi connectivity index (χ2v) is 12.5. The average molecular weight is 549 g/mol. The van der Waals surface area contributed by atoms with Crippen LogP contribution in [0.2, 0.25) is 0 Å². The third-order valence-electron chi connectivity index (χ3n) is 6.75. The summed E-state index contributed by atoms with van der Waals surface area (Å²) in [5.41, 5.74) is 1.25. The van der Waals surface area contributed by atoms with Crippen molar-refractivity contribution in [3.05, 3.63) is 95.5 Å². The molecule has 6 nitrogen and oxygen atoms in total. The zero-order chi connectivity index (χ0) is 26.9. The molecule has 2 heterocycles. The minimum Gasteiger partial charge on any atom is -0.430 e. The summed E-state index contributed by atoms with van der Waals surface area (Å²) in [6, 6.07) is 18.9. The number of benzene rings is 2. The summed E-state index contributed by atoms with van der Waals surface area (Å²) in [5.74, 6) is -2.16. The molecule has 0 radical (unpaired) electrons. The highest BCUT2D eigenvalue weighted by molar-refractivity contribution is 8.01. The molecular formula is C30H28O6S2. The third-order valence-corrected chi connectivity index (χ3v) is 9.46. The number of ether oxygens (including phenoxy) is 2. The highest BCUT2D eigenvalue weighted by Gasteiger charge is 2.45. The number of rotatable bonds is 6. The lowest BCUT2D eigenvalue weighted by Crippen LogP contribution is -2.29. The van der Waals surface area contributed by atoms with Crippen LogP contribution < -0.4 is 0 Å². The molecule has 4 unspecified atom stereocenters. The number of esters is 2. The van der Waals surface area contributed by atoms with E-state index in [-0.39, 0.29) is 40.0 Å². The van der Waals surface area contributed by atoms with Crippen LogP contribution in [0, 0.1) is 17.3 Å². The lowest BCUT2D eigenvalue weighted by atomic mass is 9.87. The van der Waals surface area contributed by atoms with Gasteiger partial charge in [0.1, 0.15) is 23.4 Å². The molecule has 38 heavy (non-hydrogen) atoms. The first-order valence-corrected chi connectivity index (χ1v) is 14.6. The molecule has 2 aromatic rings. The quantitative estimate of drug-likeness (QED) is 0.340. The van der Waals surface area contributed by atoms with Crippen molar-refractivity contribution in [1.82, 2.24) is 0 Å². The fraction of sp³-hybridized carbons (Fsp3) is 0.333. The largest absolute Gasteiger partial charge is 0.430 e. The van der Waals surface area contributed by atoms with Crippen molar-refractivity contribution in [2.75, 3.05) is 11.5 Å². The Morgan fingerprint density at radius 3 is 1.50 bits per heavy atom. The van der Waals surface area contributed by atoms with Crippen molar-refractivity contribution in [2.45, 2.75) is 30.8 Å². The van der Waals surface area contributed by atoms with Gasteiger partial charge in [-0.3, -0.25) is 19.2 Å². The molecule has 4 atom stereocenters. The van der Waals surface area contributed by atoms with Gasteiger partial charge < -0.3 is 9.47 Å². The Balaban J connectivity index is 1.29. The summed E-state index contributed by atoms with van der Waals surface area (Å²) in [6.07, 6.45) is 3.68. The van der Waals surface area contributed by atoms with E-state index < -0.39 is 29.2 Å². The lowest BCUT2D eigenvalue weighted by Gasteiger charge is -2.27. The third kappa shape index (κ3) is 5.66. The number of ketones is 2. The molecule has 196 valence electrons. The van der Waals surface area contributed by atoms with E-state index in [9.17, 15) is 19.2 Å². The van der Waals surface area contributed by atoms with Crippen LogP contribution in [-0.4, -0.2) is 35.0 Å². The van der Waals surface area contributed by atoms with Crippen molar-refractivity contribution in [2.24, 2.45) is 17.3 Å². The Morgan fingerprint density at radius 1 is 0.711 bits per heavy atom. The number of hydrogen-bond acceptors (Lipinski definition) is 8. The molecule has 0 aromatic heterocycles. The Bertz CT molecular complexity index is 1220. The van der Waals surface area contributed by atoms with Crippen LogP contribution in [0.1, 0.15) is 41.9 Å². The van der Waals surface area contributed by atoms with Crippen molar-refractivity contribution in [3.63, 3.8) is 0 Å². The Morgan fingerprint density at radius 2 is 1.11 bits per heavy atom. The Labute approximate surface area is 230 Å². The normalized spacial score (nSPS) is 26.5. The van der Waals surface area contributed by atoms with Crippen molar-refractivity contribution in [1.29, 1.82) is 0 Å². The van der Waals surface area contributed by atoms with Gasteiger partial charge in [0.25, 0.3) is 0 Å². The van der Waals surface area contributed by atoms with Crippen LogP contribution in [-0.2, 0) is 28.7 Å². The van der Waals surface area contributed by atoms with Gasteiger partial charge in [-0.25, -0.2) is 0 Å². The number of thioether (sulfide) groups is 2. The van der Waals surface area contributed by atoms with Crippen LogP contribution in [0.15, 0.2) is 84.3 Å². The van der Waals surface area contributed by atoms with Crippen LogP contribution in [0.3, 0.4) is 0 Å². The molecule has 0 N–H and O–H groups in total. The maximum atomic E-state index is 13.2. The highest BCUT2D eigenvalue weighted by atomic mass is 32.2. The minimum atomic E-state index is -0.900. The molecule has 8 heteroatoms. The molecular weight excluding hydrogens is 520 g/mol. The van der Waals surface area contributed by atoms with E-state index in [1.165, 1.54) is 23.5 Å². The number of carbonyl (C=O) groups is 4. The van der Waals surface area contributed by atoms with Crippen LogP contribution >= 0.6 is 23.5 Å². The van der Waals surface area contributed by atoms with Crippen molar-refractivity contribution in [3.8, 4) is 0 Å². The van der Waals surface area contributed by atoms with Gasteiger partial charge >= 0.3 is 11.9 Å². The van der Waals surface area contributed by atoms with Crippen LogP contribution in [0.4, 0.5) is 0 Å². The van der Waals surface area contributed by atoms with Crippen molar-refractivity contribution >= 4 is 47.0 Å². The maximum Gasteiger partial charge on any atom is 0.323 e. The number of Topliss-reactive ketones (excluding diaryl/α,β-unsaturated/α-hetero) is 2. The summed E-state index contributed by atoms with van der Waals surface area (Å²) >= 11 is 2.88. The van der Waals surface area contributed by atoms with Gasteiger partial charge in [0.2, 0.25) is 0 Å². The highest BCUT2D eigenvalue weighted by Crippen LogP contribution is 2.45. The van der Waals surface area contributed by atoms with Gasteiger partial charge in [0, 0.05) is 5.41 Å². The topological polar surface area (TPSA) is 86.7 Å². The Kier molecular flexibility index (Phi) is 7.63. The van der Waals surface area contributed by atoms with E-state index in [1.54, 1.807) is 12.2 Å². The number of allylic oxidation sites excluding steroid dienone is 2. The smallest absolute Gasteiger partial charge is 0.323 e. The van der Waals surface area contributed by atoms with Crippen LogP contribution in [0.25, 0.3) is 0 Å². The number of carbonyl (C=O) groups excluding carboxylic acids is 4. The predicted octanol–water partition coefficient (Wildman–Crippen LogP) is 5.62. The van der Waals surface area contributed by atoms with Gasteiger partial charge in [-0.05, 0) is 23.3 Å². The molecule has 0 amide bonds. The van der Waals surface area contributed by atoms with Gasteiger partial charge in [-0.15, -0.1) is 23.5 Å². The zero-order valence-corrected chi connectivity index (χ0v) is 22.8. The number of hydrogen-bond donors (Lipinski definition) is 0. The van der Waals surface area contributed by atoms with E-state index >= 15 is 0 Å². The molecule has 0 bridgehead atoms. The van der Waals surface area contributed by atoms with E-state index in [4.69, 9.17) is 9.47 Å². The standard InChI is InChI=1S/C30H28O6S2/c1-30(2)14-20(35-28(33)24-22(31)16-37-26(24)18-9-5-3-6-10-18)13-21(15-30)36-29(34)25-23(32)17-38-27(25)19-11-7-4-8-12-19/h3-12,14-15,24-27H,13,16-17H2,1-2H3. The van der Waals surface area contributed by atoms with E-state index in [0.29, 0.717) is 11.5 Å². The summed E-state index contributed by atoms with van der Waals surface area (Å²) < 4.78 is 11.5. The molecule has 3 aliphatic rings. The first-order valence-electron chi connectivity index (χ1n) is 12.5. The zero-order valence-electron chi connectivity index (χ0n) is 21.1. The summed E-state index contributed by atoms with van der Waals surface area (Å²) in [4.78, 5) is 51.8. The van der Waals surface area contributed by atoms with Gasteiger partial charge in [0.15, 0.2) is 11.6 Å². The van der Waals surface area contributed by atoms with E-state index in [2.05, 4.69) is 0 Å². The van der Waals surface area contributed by atoms with E-state index in [1.807, 2.05) is 74.5 Å². The Hall–Kier alpha value is -3.10. The summed E-state index contributed by atoms with van der Waals surface area (Å²) in [5, 5.41) is -0.607. The SMILES string of the molecule is CC1(C)C=C(OC(=O)C2C(=O)CSC2c2ccccc2)CC(OC(=O)C2C(=O)CSC2c2ccccc2)=C1. The molecule has 2 saturated heterocycles. The molecule has 2 fully saturated rings. The second-order valence-electron chi connectivity index (χ2n) is 10.2. The maximum absolute atomic E-state index is 13.2.